The summed E-state index contributed by atoms with van der Waals surface area (Å²) in [5, 5.41) is 13.3. The summed E-state index contributed by atoms with van der Waals surface area (Å²) in [6.45, 7) is 4.08. The highest BCUT2D eigenvalue weighted by molar-refractivity contribution is 5.97. The number of carbonyl (C=O) groups excluding carboxylic acids is 1. The van der Waals surface area contributed by atoms with Crippen LogP contribution in [0.2, 0.25) is 0 Å². The van der Waals surface area contributed by atoms with E-state index in [-0.39, 0.29) is 23.9 Å². The van der Waals surface area contributed by atoms with Crippen molar-refractivity contribution in [3.8, 4) is 11.3 Å². The molecule has 1 aliphatic carbocycles. The van der Waals surface area contributed by atoms with Gasteiger partial charge in [0.1, 0.15) is 11.7 Å². The van der Waals surface area contributed by atoms with Crippen LogP contribution in [0.4, 0.5) is 5.69 Å². The highest BCUT2D eigenvalue weighted by Gasteiger charge is 2.51. The number of hydrogen-bond acceptors (Lipinski definition) is 5. The maximum absolute atomic E-state index is 12.6. The second kappa shape index (κ2) is 7.18. The fourth-order valence-electron chi connectivity index (χ4n) is 4.26. The summed E-state index contributed by atoms with van der Waals surface area (Å²) in [6, 6.07) is 11.5. The Labute approximate surface area is 179 Å². The zero-order chi connectivity index (χ0) is 21.8. The van der Waals surface area contributed by atoms with E-state index in [4.69, 9.17) is 0 Å². The molecule has 1 amide bonds. The van der Waals surface area contributed by atoms with Crippen LogP contribution in [-0.2, 0) is 15.0 Å². The van der Waals surface area contributed by atoms with Gasteiger partial charge in [0, 0.05) is 17.1 Å². The molecule has 1 aromatic carbocycles. The van der Waals surface area contributed by atoms with Crippen molar-refractivity contribution in [1.29, 1.82) is 0 Å². The van der Waals surface area contributed by atoms with Gasteiger partial charge in [-0.3, -0.25) is 15.0 Å². The first-order valence-electron chi connectivity index (χ1n) is 10.5. The largest absolute Gasteiger partial charge is 0.481 e. The Morgan fingerprint density at radius 3 is 2.48 bits per heavy atom. The van der Waals surface area contributed by atoms with Crippen molar-refractivity contribution >= 4 is 28.6 Å². The quantitative estimate of drug-likeness (QED) is 0.434. The van der Waals surface area contributed by atoms with Crippen LogP contribution < -0.4 is 16.2 Å². The average Bonchev–Trinajstić information content (AvgIpc) is 3.37. The number of nitrogens with one attached hydrogen (secondary N) is 4. The third-order valence-electron chi connectivity index (χ3n) is 6.71. The van der Waals surface area contributed by atoms with Crippen molar-refractivity contribution in [2.45, 2.75) is 44.2 Å². The van der Waals surface area contributed by atoms with E-state index in [1.165, 1.54) is 0 Å². The molecule has 3 unspecified atom stereocenters. The van der Waals surface area contributed by atoms with Crippen LogP contribution in [0.5, 0.6) is 0 Å². The molecular weight excluding hydrogens is 394 g/mol. The molecule has 160 valence electrons. The Morgan fingerprint density at radius 1 is 1.13 bits per heavy atom. The van der Waals surface area contributed by atoms with Gasteiger partial charge in [-0.15, -0.1) is 0 Å². The topological polar surface area (TPSA) is 119 Å². The first-order valence-corrected chi connectivity index (χ1v) is 10.5. The molecule has 1 aliphatic heterocycles. The zero-order valence-corrected chi connectivity index (χ0v) is 17.4. The molecule has 8 heteroatoms. The number of benzene rings is 1. The lowest BCUT2D eigenvalue weighted by molar-refractivity contribution is -0.140. The smallest absolute Gasteiger partial charge is 0.314 e. The predicted octanol–water partition coefficient (Wildman–Crippen LogP) is 2.79. The molecule has 1 saturated heterocycles. The van der Waals surface area contributed by atoms with Crippen LogP contribution in [0.3, 0.4) is 0 Å². The molecule has 2 aromatic heterocycles. The van der Waals surface area contributed by atoms with E-state index in [9.17, 15) is 14.7 Å². The van der Waals surface area contributed by atoms with E-state index >= 15 is 0 Å². The van der Waals surface area contributed by atoms with E-state index in [1.54, 1.807) is 6.20 Å². The van der Waals surface area contributed by atoms with Gasteiger partial charge in [-0.05, 0) is 48.9 Å². The number of aromatic amines is 1. The molecule has 0 spiro atoms. The monoisotopic (exact) mass is 419 g/mol. The number of hydrogen-bond donors (Lipinski definition) is 5. The van der Waals surface area contributed by atoms with Crippen LogP contribution in [0.25, 0.3) is 22.3 Å². The summed E-state index contributed by atoms with van der Waals surface area (Å²) in [5.74, 6) is -0.671. The van der Waals surface area contributed by atoms with Gasteiger partial charge in [-0.25, -0.2) is 10.4 Å². The first kappa shape index (κ1) is 19.7. The fourth-order valence-corrected chi connectivity index (χ4v) is 4.26. The molecule has 3 aromatic rings. The number of rotatable bonds is 5. The normalized spacial score (nSPS) is 24.3. The number of pyridine rings is 1. The molecule has 8 nitrogen and oxygen atoms in total. The number of amides is 1. The van der Waals surface area contributed by atoms with Crippen molar-refractivity contribution in [2.24, 2.45) is 5.92 Å². The molecule has 3 atom stereocenters. The van der Waals surface area contributed by atoms with Crippen molar-refractivity contribution < 1.29 is 14.7 Å². The van der Waals surface area contributed by atoms with Crippen LogP contribution in [0.1, 0.15) is 32.3 Å². The number of fused-ring (bicyclic) bond motifs is 1. The maximum Gasteiger partial charge on any atom is 0.314 e. The van der Waals surface area contributed by atoms with E-state index in [0.717, 1.165) is 27.9 Å². The Bertz CT molecular complexity index is 1170. The van der Waals surface area contributed by atoms with Crippen molar-refractivity contribution in [3.05, 3.63) is 48.2 Å². The molecule has 1 saturated carbocycles. The number of carbonyl (C=O) groups is 2. The molecular formula is C23H25N5O3. The molecule has 2 aliphatic rings. The van der Waals surface area contributed by atoms with Gasteiger partial charge in [0.2, 0.25) is 5.91 Å². The highest BCUT2D eigenvalue weighted by Crippen LogP contribution is 2.48. The first-order chi connectivity index (χ1) is 14.9. The van der Waals surface area contributed by atoms with Gasteiger partial charge >= 0.3 is 5.97 Å². The highest BCUT2D eigenvalue weighted by atomic mass is 16.4. The summed E-state index contributed by atoms with van der Waals surface area (Å²) in [6.07, 6.45) is 3.02. The Hall–Kier alpha value is -3.23. The Kier molecular flexibility index (Phi) is 4.56. The number of carboxylic acid groups (broad SMARTS) is 1. The number of aromatic nitrogens is 2. The summed E-state index contributed by atoms with van der Waals surface area (Å²) in [5.41, 5.74) is 9.50. The van der Waals surface area contributed by atoms with E-state index in [0.29, 0.717) is 18.5 Å². The van der Waals surface area contributed by atoms with Gasteiger partial charge in [0.25, 0.3) is 0 Å². The van der Waals surface area contributed by atoms with Gasteiger partial charge in [-0.1, -0.05) is 31.2 Å². The third-order valence-corrected chi connectivity index (χ3v) is 6.71. The van der Waals surface area contributed by atoms with Gasteiger partial charge in [0.05, 0.1) is 17.3 Å². The standard InChI is InChI=1S/C23H25N5O3/c1-12-13(2)27-28-19(12)21(29)25-17-9-15-10-18(26-20(15)24-11-17)14-3-5-16(6-4-14)23(7-8-23)22(30)31/h3-6,9-13,19,27-28H,7-8H2,1-2H3,(H,24,26)(H,25,29)(H,30,31). The molecule has 3 heterocycles. The minimum atomic E-state index is -0.753. The summed E-state index contributed by atoms with van der Waals surface area (Å²) < 4.78 is 0. The number of carboxylic acids is 1. The number of anilines is 1. The molecule has 31 heavy (non-hydrogen) atoms. The minimum Gasteiger partial charge on any atom is -0.481 e. The van der Waals surface area contributed by atoms with Crippen molar-refractivity contribution in [2.75, 3.05) is 5.32 Å². The van der Waals surface area contributed by atoms with Crippen LogP contribution >= 0.6 is 0 Å². The van der Waals surface area contributed by atoms with E-state index < -0.39 is 11.4 Å². The molecule has 0 radical (unpaired) electrons. The lowest BCUT2D eigenvalue weighted by Gasteiger charge is -2.15. The SMILES string of the molecule is CC1NNC(C(=O)Nc2cnc3[nH]c(-c4ccc(C5(C(=O)O)CC5)cc4)cc3c2)C1C. The second-order valence-corrected chi connectivity index (χ2v) is 8.71. The predicted molar refractivity (Wildman–Crippen MR) is 117 cm³/mol. The van der Waals surface area contributed by atoms with E-state index in [1.807, 2.05) is 50.2 Å². The average molecular weight is 419 g/mol. The molecule has 2 fully saturated rings. The fraction of sp³-hybridized carbons (Fsp3) is 0.348. The lowest BCUT2D eigenvalue weighted by atomic mass is 9.95. The summed E-state index contributed by atoms with van der Waals surface area (Å²) >= 11 is 0. The molecule has 5 rings (SSSR count). The van der Waals surface area contributed by atoms with E-state index in [2.05, 4.69) is 26.1 Å². The Morgan fingerprint density at radius 2 is 1.87 bits per heavy atom. The summed E-state index contributed by atoms with van der Waals surface area (Å²) in [4.78, 5) is 31.9. The maximum atomic E-state index is 12.6. The van der Waals surface area contributed by atoms with Gasteiger partial charge in [-0.2, -0.15) is 0 Å². The lowest BCUT2D eigenvalue weighted by Crippen LogP contribution is -2.41. The Balaban J connectivity index is 1.35. The minimum absolute atomic E-state index is 0.0933. The van der Waals surface area contributed by atoms with Crippen LogP contribution in [0.15, 0.2) is 42.6 Å². The zero-order valence-electron chi connectivity index (χ0n) is 17.4. The van der Waals surface area contributed by atoms with Gasteiger partial charge < -0.3 is 15.4 Å². The second-order valence-electron chi connectivity index (χ2n) is 8.71. The number of hydrazine groups is 1. The molecule has 0 bridgehead atoms. The molecule has 5 N–H and O–H groups in total. The summed E-state index contributed by atoms with van der Waals surface area (Å²) in [7, 11) is 0. The van der Waals surface area contributed by atoms with Crippen LogP contribution in [0, 0.1) is 5.92 Å². The third kappa shape index (κ3) is 3.37. The van der Waals surface area contributed by atoms with Crippen molar-refractivity contribution in [3.63, 3.8) is 0 Å². The number of nitrogens with zero attached hydrogens (tertiary/aromatic N) is 1. The van der Waals surface area contributed by atoms with Gasteiger partial charge in [0.15, 0.2) is 0 Å². The van der Waals surface area contributed by atoms with Crippen LogP contribution in [-0.4, -0.2) is 39.0 Å². The number of aliphatic carboxylic acids is 1. The van der Waals surface area contributed by atoms with Crippen molar-refractivity contribution in [1.82, 2.24) is 20.8 Å². The number of H-pyrrole nitrogens is 1.